The average Bonchev–Trinajstić information content (AvgIpc) is 2.95. The van der Waals surface area contributed by atoms with Gasteiger partial charge in [0.25, 0.3) is 0 Å². The van der Waals surface area contributed by atoms with E-state index in [0.717, 1.165) is 11.6 Å². The molecule has 0 saturated heterocycles. The molecule has 0 radical (unpaired) electrons. The number of anilines is 2. The zero-order valence-corrected chi connectivity index (χ0v) is 16.9. The van der Waals surface area contributed by atoms with Gasteiger partial charge in [-0.1, -0.05) is 17.9 Å². The molecule has 4 rings (SSSR count). The van der Waals surface area contributed by atoms with E-state index in [4.69, 9.17) is 4.74 Å². The summed E-state index contributed by atoms with van der Waals surface area (Å²) in [4.78, 5) is 20.2. The van der Waals surface area contributed by atoms with Crippen LogP contribution in [0.5, 0.6) is 0 Å². The van der Waals surface area contributed by atoms with Gasteiger partial charge in [-0.25, -0.2) is 13.6 Å². The highest BCUT2D eigenvalue weighted by atomic mass is 19.1. The number of rotatable bonds is 1. The number of nitrogens with one attached hydrogen (secondary N) is 1. The molecule has 2 aromatic carbocycles. The number of aromatic amines is 1. The Hall–Kier alpha value is -3.75. The Morgan fingerprint density at radius 2 is 2.10 bits per heavy atom. The van der Waals surface area contributed by atoms with Crippen LogP contribution in [0.4, 0.5) is 20.3 Å². The minimum Gasteiger partial charge on any atom is -0.375 e. The van der Waals surface area contributed by atoms with Crippen molar-refractivity contribution >= 4 is 22.4 Å². The Morgan fingerprint density at radius 1 is 1.29 bits per heavy atom. The number of ether oxygens (including phenoxy) is 1. The van der Waals surface area contributed by atoms with Gasteiger partial charge in [0.2, 0.25) is 0 Å². The van der Waals surface area contributed by atoms with Crippen LogP contribution >= 0.6 is 0 Å². The third kappa shape index (κ3) is 3.98. The summed E-state index contributed by atoms with van der Waals surface area (Å²) in [7, 11) is 0. The summed E-state index contributed by atoms with van der Waals surface area (Å²) in [6.07, 6.45) is 0. The molecular formula is C23H18F2N4O2. The monoisotopic (exact) mass is 420 g/mol. The topological polar surface area (TPSA) is 82.0 Å². The molecule has 0 spiro atoms. The lowest BCUT2D eigenvalue weighted by Crippen LogP contribution is -2.25. The molecule has 0 fully saturated rings. The molecular weight excluding hydrogens is 402 g/mol. The van der Waals surface area contributed by atoms with Crippen molar-refractivity contribution < 1.29 is 13.5 Å². The molecule has 1 aromatic heterocycles. The lowest BCUT2D eigenvalue weighted by atomic mass is 9.95. The molecule has 0 aliphatic carbocycles. The fourth-order valence-electron chi connectivity index (χ4n) is 3.39. The molecule has 1 aliphatic rings. The number of aromatic nitrogens is 2. The normalized spacial score (nSPS) is 13.7. The Bertz CT molecular complexity index is 1350. The van der Waals surface area contributed by atoms with Gasteiger partial charge in [-0.15, -0.1) is 0 Å². The highest BCUT2D eigenvalue weighted by Gasteiger charge is 2.24. The van der Waals surface area contributed by atoms with Crippen molar-refractivity contribution in [2.45, 2.75) is 20.5 Å². The van der Waals surface area contributed by atoms with Gasteiger partial charge >= 0.3 is 5.69 Å². The third-order valence-corrected chi connectivity index (χ3v) is 4.93. The molecule has 0 amide bonds. The lowest BCUT2D eigenvalue weighted by molar-refractivity contribution is 0.133. The second-order valence-corrected chi connectivity index (χ2v) is 7.67. The number of nitriles is 1. The van der Waals surface area contributed by atoms with Crippen LogP contribution in [-0.4, -0.2) is 23.1 Å². The van der Waals surface area contributed by atoms with Crippen molar-refractivity contribution in [2.75, 3.05) is 18.1 Å². The molecule has 8 heteroatoms. The van der Waals surface area contributed by atoms with Crippen LogP contribution in [0.25, 0.3) is 10.9 Å². The van der Waals surface area contributed by atoms with Gasteiger partial charge in [0.15, 0.2) is 0 Å². The van der Waals surface area contributed by atoms with Crippen molar-refractivity contribution in [3.8, 4) is 17.9 Å². The first-order chi connectivity index (χ1) is 14.8. The van der Waals surface area contributed by atoms with E-state index in [2.05, 4.69) is 27.9 Å². The Labute approximate surface area is 177 Å². The Kier molecular flexibility index (Phi) is 5.18. The van der Waals surface area contributed by atoms with Gasteiger partial charge in [0, 0.05) is 34.8 Å². The quantitative estimate of drug-likeness (QED) is 0.606. The highest BCUT2D eigenvalue weighted by Crippen LogP contribution is 2.35. The zero-order chi connectivity index (χ0) is 22.2. The van der Waals surface area contributed by atoms with Gasteiger partial charge in [-0.2, -0.15) is 10.2 Å². The van der Waals surface area contributed by atoms with Crippen LogP contribution in [0.3, 0.4) is 0 Å². The van der Waals surface area contributed by atoms with E-state index in [1.165, 1.54) is 0 Å². The van der Waals surface area contributed by atoms with Gasteiger partial charge in [-0.05, 0) is 32.0 Å². The van der Waals surface area contributed by atoms with Crippen molar-refractivity contribution in [1.82, 2.24) is 9.97 Å². The lowest BCUT2D eigenvalue weighted by Gasteiger charge is -2.24. The highest BCUT2D eigenvalue weighted by molar-refractivity contribution is 5.92. The molecule has 0 saturated carbocycles. The number of hydrogen-bond acceptors (Lipinski definition) is 5. The SMILES string of the molecule is CC(C)(C#N)C#Cc1cccc2c1COCCN2c1nc(=O)[nH]c2c(F)cc(F)cc12. The van der Waals surface area contributed by atoms with E-state index in [1.54, 1.807) is 24.8 Å². The molecule has 0 bridgehead atoms. The third-order valence-electron chi connectivity index (χ3n) is 4.93. The first-order valence-corrected chi connectivity index (χ1v) is 9.60. The first-order valence-electron chi connectivity index (χ1n) is 9.60. The Morgan fingerprint density at radius 3 is 2.87 bits per heavy atom. The summed E-state index contributed by atoms with van der Waals surface area (Å²) in [6.45, 7) is 4.32. The molecule has 6 nitrogen and oxygen atoms in total. The van der Waals surface area contributed by atoms with Crippen LogP contribution < -0.4 is 10.6 Å². The maximum Gasteiger partial charge on any atom is 0.347 e. The van der Waals surface area contributed by atoms with Crippen molar-refractivity contribution in [2.24, 2.45) is 5.41 Å². The van der Waals surface area contributed by atoms with Crippen LogP contribution in [0.15, 0.2) is 35.1 Å². The molecule has 0 unspecified atom stereocenters. The van der Waals surface area contributed by atoms with Gasteiger partial charge in [-0.3, -0.25) is 0 Å². The summed E-state index contributed by atoms with van der Waals surface area (Å²) in [6, 6.07) is 9.41. The number of H-pyrrole nitrogens is 1. The van der Waals surface area contributed by atoms with E-state index in [9.17, 15) is 18.8 Å². The number of nitrogens with zero attached hydrogens (tertiary/aromatic N) is 3. The van der Waals surface area contributed by atoms with E-state index >= 15 is 0 Å². The predicted octanol–water partition coefficient (Wildman–Crippen LogP) is 3.77. The predicted molar refractivity (Wildman–Crippen MR) is 112 cm³/mol. The van der Waals surface area contributed by atoms with E-state index in [-0.39, 0.29) is 23.3 Å². The molecule has 2 heterocycles. The second kappa shape index (κ2) is 7.82. The average molecular weight is 420 g/mol. The number of halogens is 2. The first kappa shape index (κ1) is 20.5. The summed E-state index contributed by atoms with van der Waals surface area (Å²) >= 11 is 0. The zero-order valence-electron chi connectivity index (χ0n) is 16.9. The largest absolute Gasteiger partial charge is 0.375 e. The standard InChI is InChI=1S/C23H18F2N4O2/c1-23(2,13-26)7-6-14-4-3-5-19-17(14)12-31-9-8-29(19)21-16-10-15(24)11-18(25)20(16)27-22(30)28-21/h3-5,10-11H,8-9,12H2,1-2H3,(H,27,28,30). The second-order valence-electron chi connectivity index (χ2n) is 7.67. The number of hydrogen-bond donors (Lipinski definition) is 1. The number of fused-ring (bicyclic) bond motifs is 2. The smallest absolute Gasteiger partial charge is 0.347 e. The fourth-order valence-corrected chi connectivity index (χ4v) is 3.39. The van der Waals surface area contributed by atoms with Crippen LogP contribution in [0.1, 0.15) is 25.0 Å². The molecule has 31 heavy (non-hydrogen) atoms. The van der Waals surface area contributed by atoms with Crippen molar-refractivity contribution in [3.63, 3.8) is 0 Å². The van der Waals surface area contributed by atoms with Gasteiger partial charge in [0.05, 0.1) is 24.8 Å². The van der Waals surface area contributed by atoms with Gasteiger partial charge < -0.3 is 14.6 Å². The molecule has 3 aromatic rings. The van der Waals surface area contributed by atoms with Crippen LogP contribution in [-0.2, 0) is 11.3 Å². The minimum atomic E-state index is -0.875. The summed E-state index contributed by atoms with van der Waals surface area (Å²) in [5, 5.41) is 9.38. The van der Waals surface area contributed by atoms with Crippen LogP contribution in [0, 0.1) is 40.2 Å². The van der Waals surface area contributed by atoms with Crippen LogP contribution in [0.2, 0.25) is 0 Å². The van der Waals surface area contributed by atoms with Crippen molar-refractivity contribution in [1.29, 1.82) is 5.26 Å². The van der Waals surface area contributed by atoms with Crippen molar-refractivity contribution in [3.05, 3.63) is 63.6 Å². The van der Waals surface area contributed by atoms with E-state index in [0.29, 0.717) is 30.5 Å². The summed E-state index contributed by atoms with van der Waals surface area (Å²) in [5.74, 6) is 4.47. The maximum atomic E-state index is 14.3. The summed E-state index contributed by atoms with van der Waals surface area (Å²) < 4.78 is 34.0. The van der Waals surface area contributed by atoms with Gasteiger partial charge in [0.1, 0.15) is 22.9 Å². The molecule has 156 valence electrons. The molecule has 1 aliphatic heterocycles. The maximum absolute atomic E-state index is 14.3. The van der Waals surface area contributed by atoms with E-state index < -0.39 is 22.7 Å². The number of benzene rings is 2. The summed E-state index contributed by atoms with van der Waals surface area (Å²) in [5.41, 5.74) is 0.394. The minimum absolute atomic E-state index is 0.116. The Balaban J connectivity index is 1.94. The molecule has 0 atom stereocenters. The molecule has 1 N–H and O–H groups in total. The fraction of sp³-hybridized carbons (Fsp3) is 0.261. The van der Waals surface area contributed by atoms with E-state index in [1.807, 2.05) is 12.1 Å².